The van der Waals surface area contributed by atoms with Crippen molar-refractivity contribution in [3.8, 4) is 0 Å². The molecule has 2 aromatic carbocycles. The molecule has 1 N–H and O–H groups in total. The highest BCUT2D eigenvalue weighted by Gasteiger charge is 2.50. The summed E-state index contributed by atoms with van der Waals surface area (Å²) in [4.78, 5) is 26.7. The van der Waals surface area contributed by atoms with Gasteiger partial charge in [0.15, 0.2) is 0 Å². The molecule has 7 heteroatoms. The average Bonchev–Trinajstić information content (AvgIpc) is 2.60. The second kappa shape index (κ2) is 7.52. The molecule has 0 radical (unpaired) electrons. The molecule has 27 heavy (non-hydrogen) atoms. The molecule has 2 aromatic rings. The van der Waals surface area contributed by atoms with Gasteiger partial charge in [-0.2, -0.15) is 0 Å². The lowest BCUT2D eigenvalue weighted by Crippen LogP contribution is -2.68. The molecule has 1 aliphatic heterocycles. The zero-order chi connectivity index (χ0) is 19.5. The summed E-state index contributed by atoms with van der Waals surface area (Å²) in [6, 6.07) is 17.9. The number of likely N-dealkylation sites (tertiary alicyclic amines) is 1. The van der Waals surface area contributed by atoms with E-state index in [9.17, 15) is 18.0 Å². The predicted octanol–water partition coefficient (Wildman–Crippen LogP) is 1.87. The molecule has 0 aliphatic carbocycles. The van der Waals surface area contributed by atoms with Crippen LogP contribution in [0.25, 0.3) is 0 Å². The van der Waals surface area contributed by atoms with Crippen molar-refractivity contribution < 1.29 is 18.0 Å². The lowest BCUT2D eigenvalue weighted by Gasteiger charge is -2.49. The topological polar surface area (TPSA) is 83.6 Å². The molecular formula is C20H22N2O4S. The number of carbonyl (C=O) groups is 2. The molecule has 3 rings (SSSR count). The minimum absolute atomic E-state index is 0.181. The lowest BCUT2D eigenvalue weighted by molar-refractivity contribution is -0.156. The number of hydrogen-bond donors (Lipinski definition) is 1. The van der Waals surface area contributed by atoms with Crippen molar-refractivity contribution >= 4 is 21.8 Å². The van der Waals surface area contributed by atoms with Crippen molar-refractivity contribution in [3.05, 3.63) is 71.8 Å². The molecule has 142 valence electrons. The van der Waals surface area contributed by atoms with Gasteiger partial charge in [-0.3, -0.25) is 14.3 Å². The molecule has 2 amide bonds. The quantitative estimate of drug-likeness (QED) is 0.821. The first kappa shape index (κ1) is 19.1. The molecule has 1 fully saturated rings. The Morgan fingerprint density at radius 1 is 1.00 bits per heavy atom. The van der Waals surface area contributed by atoms with Crippen LogP contribution in [0.15, 0.2) is 60.7 Å². The average molecular weight is 386 g/mol. The summed E-state index contributed by atoms with van der Waals surface area (Å²) in [5.74, 6) is -1.13. The first-order valence-corrected chi connectivity index (χ1v) is 10.4. The third-order valence-electron chi connectivity index (χ3n) is 4.85. The number of amides is 2. The molecule has 1 heterocycles. The second-order valence-electron chi connectivity index (χ2n) is 6.91. The van der Waals surface area contributed by atoms with Crippen molar-refractivity contribution in [1.29, 1.82) is 0 Å². The Hall–Kier alpha value is -2.67. The van der Waals surface area contributed by atoms with Crippen molar-refractivity contribution in [2.24, 2.45) is 0 Å². The number of sulfonamides is 1. The van der Waals surface area contributed by atoms with Crippen LogP contribution in [0.4, 0.5) is 0 Å². The summed E-state index contributed by atoms with van der Waals surface area (Å²) < 4.78 is 26.8. The molecule has 0 saturated carbocycles. The van der Waals surface area contributed by atoms with Crippen molar-refractivity contribution in [3.63, 3.8) is 0 Å². The number of nitrogens with zero attached hydrogens (tertiary/aromatic N) is 1. The van der Waals surface area contributed by atoms with Gasteiger partial charge in [0, 0.05) is 6.54 Å². The zero-order valence-corrected chi connectivity index (χ0v) is 15.9. The van der Waals surface area contributed by atoms with E-state index in [1.165, 1.54) is 4.90 Å². The third kappa shape index (κ3) is 4.36. The van der Waals surface area contributed by atoms with Crippen LogP contribution in [0.2, 0.25) is 0 Å². The van der Waals surface area contributed by atoms with Crippen LogP contribution in [0.5, 0.6) is 0 Å². The van der Waals surface area contributed by atoms with E-state index in [-0.39, 0.29) is 18.1 Å². The van der Waals surface area contributed by atoms with Gasteiger partial charge in [0.1, 0.15) is 5.54 Å². The highest BCUT2D eigenvalue weighted by atomic mass is 32.2. The Bertz CT molecular complexity index is 929. The highest BCUT2D eigenvalue weighted by molar-refractivity contribution is 7.89. The monoisotopic (exact) mass is 386 g/mol. The van der Waals surface area contributed by atoms with Gasteiger partial charge in [-0.05, 0) is 24.5 Å². The summed E-state index contributed by atoms with van der Waals surface area (Å²) in [7, 11) is -3.84. The normalized spacial score (nSPS) is 19.2. The van der Waals surface area contributed by atoms with Gasteiger partial charge >= 0.3 is 0 Å². The van der Waals surface area contributed by atoms with Crippen LogP contribution in [-0.2, 0) is 31.8 Å². The Balaban J connectivity index is 1.65. The van der Waals surface area contributed by atoms with Crippen LogP contribution in [0, 0.1) is 0 Å². The predicted molar refractivity (Wildman–Crippen MR) is 102 cm³/mol. The summed E-state index contributed by atoms with van der Waals surface area (Å²) in [6.07, 6.45) is 0.612. The minimum atomic E-state index is -3.84. The van der Waals surface area contributed by atoms with Gasteiger partial charge in [-0.25, -0.2) is 8.42 Å². The fraction of sp³-hybridized carbons (Fsp3) is 0.300. The second-order valence-corrected chi connectivity index (χ2v) is 8.63. The smallest absolute Gasteiger partial charge is 0.259 e. The molecule has 6 nitrogen and oxygen atoms in total. The van der Waals surface area contributed by atoms with Gasteiger partial charge < -0.3 is 4.90 Å². The fourth-order valence-electron chi connectivity index (χ4n) is 3.14. The first-order chi connectivity index (χ1) is 12.8. The zero-order valence-electron chi connectivity index (χ0n) is 15.1. The number of hydrogen-bond acceptors (Lipinski definition) is 4. The van der Waals surface area contributed by atoms with Crippen LogP contribution >= 0.6 is 0 Å². The van der Waals surface area contributed by atoms with E-state index in [0.29, 0.717) is 18.5 Å². The molecule has 1 saturated heterocycles. The fourth-order valence-corrected chi connectivity index (χ4v) is 4.35. The van der Waals surface area contributed by atoms with Crippen LogP contribution in [0.1, 0.15) is 24.5 Å². The van der Waals surface area contributed by atoms with E-state index in [1.54, 1.807) is 37.3 Å². The largest absolute Gasteiger partial charge is 0.328 e. The van der Waals surface area contributed by atoms with Crippen LogP contribution in [-0.4, -0.2) is 37.2 Å². The van der Waals surface area contributed by atoms with Gasteiger partial charge in [0.25, 0.3) is 5.91 Å². The van der Waals surface area contributed by atoms with Crippen molar-refractivity contribution in [2.45, 2.75) is 31.1 Å². The molecule has 1 atom stereocenters. The van der Waals surface area contributed by atoms with Gasteiger partial charge in [-0.15, -0.1) is 0 Å². The number of rotatable bonds is 6. The third-order valence-corrected chi connectivity index (χ3v) is 6.06. The van der Waals surface area contributed by atoms with Gasteiger partial charge in [0.2, 0.25) is 15.9 Å². The van der Waals surface area contributed by atoms with Crippen LogP contribution in [0.3, 0.4) is 0 Å². The Morgan fingerprint density at radius 2 is 1.56 bits per heavy atom. The number of carbonyl (C=O) groups excluding carboxylic acids is 2. The number of benzene rings is 2. The summed E-state index contributed by atoms with van der Waals surface area (Å²) in [5, 5.41) is 0. The SMILES string of the molecule is CC1(C(=O)NS(=O)(=O)Cc2ccccc2)CCN1C(=O)Cc1ccccc1. The Labute approximate surface area is 159 Å². The maximum atomic E-state index is 12.6. The van der Waals surface area contributed by atoms with E-state index in [0.717, 1.165) is 5.56 Å². The Kier molecular flexibility index (Phi) is 5.32. The van der Waals surface area contributed by atoms with Gasteiger partial charge in [-0.1, -0.05) is 60.7 Å². The standard InChI is InChI=1S/C20H22N2O4S/c1-20(12-13-22(20)18(23)14-16-8-4-2-5-9-16)19(24)21-27(25,26)15-17-10-6-3-7-11-17/h2-11H,12-15H2,1H3,(H,21,24). The summed E-state index contributed by atoms with van der Waals surface area (Å²) >= 11 is 0. The van der Waals surface area contributed by atoms with E-state index >= 15 is 0 Å². The Morgan fingerprint density at radius 3 is 2.07 bits per heavy atom. The van der Waals surface area contributed by atoms with E-state index in [2.05, 4.69) is 4.72 Å². The highest BCUT2D eigenvalue weighted by Crippen LogP contribution is 2.31. The lowest BCUT2D eigenvalue weighted by atomic mass is 9.85. The molecule has 0 spiro atoms. The molecular weight excluding hydrogens is 364 g/mol. The summed E-state index contributed by atoms with van der Waals surface area (Å²) in [5.41, 5.74) is 0.303. The van der Waals surface area contributed by atoms with E-state index in [1.807, 2.05) is 30.3 Å². The molecule has 1 unspecified atom stereocenters. The van der Waals surface area contributed by atoms with Crippen LogP contribution < -0.4 is 4.72 Å². The first-order valence-electron chi connectivity index (χ1n) is 8.73. The molecule has 0 bridgehead atoms. The summed E-state index contributed by atoms with van der Waals surface area (Å²) in [6.45, 7) is 2.04. The van der Waals surface area contributed by atoms with E-state index in [4.69, 9.17) is 0 Å². The maximum absolute atomic E-state index is 12.6. The minimum Gasteiger partial charge on any atom is -0.328 e. The maximum Gasteiger partial charge on any atom is 0.259 e. The van der Waals surface area contributed by atoms with Gasteiger partial charge in [0.05, 0.1) is 12.2 Å². The van der Waals surface area contributed by atoms with Crippen molar-refractivity contribution in [2.75, 3.05) is 6.54 Å². The van der Waals surface area contributed by atoms with E-state index < -0.39 is 21.5 Å². The number of nitrogens with one attached hydrogen (secondary N) is 1. The van der Waals surface area contributed by atoms with Crippen molar-refractivity contribution in [1.82, 2.24) is 9.62 Å². The molecule has 1 aliphatic rings. The molecule has 0 aromatic heterocycles.